The average molecular weight is 256 g/mol. The fourth-order valence-electron chi connectivity index (χ4n) is 1.47. The van der Waals surface area contributed by atoms with Gasteiger partial charge in [-0.3, -0.25) is 9.59 Å². The van der Waals surface area contributed by atoms with E-state index in [1.54, 1.807) is 0 Å². The van der Waals surface area contributed by atoms with Crippen LogP contribution >= 0.6 is 0 Å². The quantitative estimate of drug-likeness (QED) is 0.639. The topological polar surface area (TPSA) is 49.4 Å². The van der Waals surface area contributed by atoms with Crippen LogP contribution < -0.4 is 5.32 Å². The molecule has 4 nitrogen and oxygen atoms in total. The van der Waals surface area contributed by atoms with Crippen LogP contribution in [0.1, 0.15) is 40.5 Å². The number of rotatable bonds is 9. The first-order valence-corrected chi connectivity index (χ1v) is 6.83. The fourth-order valence-corrected chi connectivity index (χ4v) is 1.47. The Hall–Kier alpha value is -0.900. The second kappa shape index (κ2) is 9.09. The number of hydrogen-bond acceptors (Lipinski definition) is 3. The zero-order chi connectivity index (χ0) is 14.1. The largest absolute Gasteiger partial charge is 0.356 e. The van der Waals surface area contributed by atoms with Crippen molar-refractivity contribution >= 4 is 11.7 Å². The lowest BCUT2D eigenvalue weighted by Gasteiger charge is -2.17. The normalized spacial score (nSPS) is 11.3. The SMILES string of the molecule is CC(C)C(=O)CCN(C)CCCNC(=O)C(C)C. The van der Waals surface area contributed by atoms with Crippen LogP contribution in [-0.4, -0.2) is 43.3 Å². The number of hydrogen-bond donors (Lipinski definition) is 1. The summed E-state index contributed by atoms with van der Waals surface area (Å²) < 4.78 is 0. The van der Waals surface area contributed by atoms with Gasteiger partial charge in [-0.15, -0.1) is 0 Å². The third-order valence-electron chi connectivity index (χ3n) is 2.92. The van der Waals surface area contributed by atoms with Gasteiger partial charge < -0.3 is 10.2 Å². The van der Waals surface area contributed by atoms with E-state index in [2.05, 4.69) is 10.2 Å². The van der Waals surface area contributed by atoms with Gasteiger partial charge in [0.15, 0.2) is 0 Å². The van der Waals surface area contributed by atoms with Crippen LogP contribution in [0.2, 0.25) is 0 Å². The zero-order valence-electron chi connectivity index (χ0n) is 12.5. The van der Waals surface area contributed by atoms with Gasteiger partial charge >= 0.3 is 0 Å². The Bertz CT molecular complexity index is 263. The maximum atomic E-state index is 11.5. The molecular weight excluding hydrogens is 228 g/mol. The zero-order valence-corrected chi connectivity index (χ0v) is 12.5. The van der Waals surface area contributed by atoms with E-state index in [1.807, 2.05) is 34.7 Å². The van der Waals surface area contributed by atoms with E-state index < -0.39 is 0 Å². The van der Waals surface area contributed by atoms with Crippen molar-refractivity contribution in [2.24, 2.45) is 11.8 Å². The molecule has 1 N–H and O–H groups in total. The third-order valence-corrected chi connectivity index (χ3v) is 2.92. The number of nitrogens with zero attached hydrogens (tertiary/aromatic N) is 1. The van der Waals surface area contributed by atoms with Gasteiger partial charge in [0.2, 0.25) is 5.91 Å². The Morgan fingerprint density at radius 2 is 1.67 bits per heavy atom. The molecule has 0 rings (SSSR count). The van der Waals surface area contributed by atoms with E-state index in [-0.39, 0.29) is 17.7 Å². The first kappa shape index (κ1) is 17.1. The van der Waals surface area contributed by atoms with Crippen LogP contribution in [0.15, 0.2) is 0 Å². The van der Waals surface area contributed by atoms with Crippen LogP contribution in [0.5, 0.6) is 0 Å². The van der Waals surface area contributed by atoms with Crippen LogP contribution in [0.25, 0.3) is 0 Å². The summed E-state index contributed by atoms with van der Waals surface area (Å²) in [4.78, 5) is 24.9. The molecule has 1 amide bonds. The number of Topliss-reactive ketones (excluding diaryl/α,β-unsaturated/α-hetero) is 1. The molecule has 0 heterocycles. The first-order chi connectivity index (χ1) is 8.34. The second-order valence-corrected chi connectivity index (χ2v) is 5.47. The summed E-state index contributed by atoms with van der Waals surface area (Å²) in [6.07, 6.45) is 1.54. The molecule has 0 aromatic heterocycles. The van der Waals surface area contributed by atoms with Gasteiger partial charge in [0.05, 0.1) is 0 Å². The van der Waals surface area contributed by atoms with E-state index >= 15 is 0 Å². The van der Waals surface area contributed by atoms with E-state index in [0.717, 1.165) is 19.5 Å². The molecule has 0 saturated heterocycles. The average Bonchev–Trinajstić information content (AvgIpc) is 2.30. The Morgan fingerprint density at radius 1 is 1.06 bits per heavy atom. The Morgan fingerprint density at radius 3 is 2.17 bits per heavy atom. The summed E-state index contributed by atoms with van der Waals surface area (Å²) in [5, 5.41) is 2.89. The lowest BCUT2D eigenvalue weighted by molar-refractivity contribution is -0.124. The lowest BCUT2D eigenvalue weighted by Crippen LogP contribution is -2.31. The molecule has 18 heavy (non-hydrogen) atoms. The van der Waals surface area contributed by atoms with Crippen molar-refractivity contribution < 1.29 is 9.59 Å². The van der Waals surface area contributed by atoms with Gasteiger partial charge in [0.1, 0.15) is 5.78 Å². The molecule has 0 spiro atoms. The number of nitrogens with one attached hydrogen (secondary N) is 1. The van der Waals surface area contributed by atoms with Gasteiger partial charge in [0, 0.05) is 31.3 Å². The van der Waals surface area contributed by atoms with E-state index in [9.17, 15) is 9.59 Å². The van der Waals surface area contributed by atoms with Gasteiger partial charge in [-0.1, -0.05) is 27.7 Å². The summed E-state index contributed by atoms with van der Waals surface area (Å²) in [6, 6.07) is 0. The maximum absolute atomic E-state index is 11.5. The molecule has 0 saturated carbocycles. The molecule has 0 fully saturated rings. The van der Waals surface area contributed by atoms with E-state index in [4.69, 9.17) is 0 Å². The summed E-state index contributed by atoms with van der Waals surface area (Å²) in [5.41, 5.74) is 0. The van der Waals surface area contributed by atoms with Gasteiger partial charge in [0.25, 0.3) is 0 Å². The van der Waals surface area contributed by atoms with Crippen molar-refractivity contribution in [2.45, 2.75) is 40.5 Å². The standard InChI is InChI=1S/C14H28N2O2/c1-11(2)13(17)7-10-16(5)9-6-8-15-14(18)12(3)4/h11-12H,6-10H2,1-5H3,(H,15,18). The van der Waals surface area contributed by atoms with Crippen LogP contribution in [-0.2, 0) is 9.59 Å². The molecule has 0 aliphatic heterocycles. The molecule has 0 bridgehead atoms. The van der Waals surface area contributed by atoms with Crippen LogP contribution in [0.3, 0.4) is 0 Å². The van der Waals surface area contributed by atoms with E-state index in [0.29, 0.717) is 18.7 Å². The van der Waals surface area contributed by atoms with Gasteiger partial charge in [-0.05, 0) is 20.0 Å². The van der Waals surface area contributed by atoms with Crippen molar-refractivity contribution in [3.8, 4) is 0 Å². The third kappa shape index (κ3) is 8.23. The van der Waals surface area contributed by atoms with E-state index in [1.165, 1.54) is 0 Å². The summed E-state index contributed by atoms with van der Waals surface area (Å²) >= 11 is 0. The van der Waals surface area contributed by atoms with Crippen molar-refractivity contribution in [1.29, 1.82) is 0 Å². The molecule has 0 aromatic rings. The lowest BCUT2D eigenvalue weighted by atomic mass is 10.1. The molecule has 0 aliphatic carbocycles. The number of carbonyl (C=O) groups excluding carboxylic acids is 2. The Balaban J connectivity index is 3.57. The molecule has 0 aromatic carbocycles. The molecule has 0 radical (unpaired) electrons. The maximum Gasteiger partial charge on any atom is 0.222 e. The predicted molar refractivity (Wildman–Crippen MR) is 74.4 cm³/mol. The first-order valence-electron chi connectivity index (χ1n) is 6.83. The second-order valence-electron chi connectivity index (χ2n) is 5.47. The minimum atomic E-state index is 0.0476. The molecule has 0 aliphatic rings. The summed E-state index contributed by atoms with van der Waals surface area (Å²) in [7, 11) is 2.01. The van der Waals surface area contributed by atoms with Crippen molar-refractivity contribution in [3.63, 3.8) is 0 Å². The summed E-state index contributed by atoms with van der Waals surface area (Å²) in [5.74, 6) is 0.595. The number of ketones is 1. The highest BCUT2D eigenvalue weighted by molar-refractivity contribution is 5.80. The smallest absolute Gasteiger partial charge is 0.222 e. The summed E-state index contributed by atoms with van der Waals surface area (Å²) in [6.45, 7) is 10.1. The highest BCUT2D eigenvalue weighted by Gasteiger charge is 2.09. The molecule has 0 atom stereocenters. The molecule has 0 unspecified atom stereocenters. The predicted octanol–water partition coefficient (Wildman–Crippen LogP) is 1.70. The monoisotopic (exact) mass is 256 g/mol. The molecular formula is C14H28N2O2. The minimum Gasteiger partial charge on any atom is -0.356 e. The van der Waals surface area contributed by atoms with Gasteiger partial charge in [-0.2, -0.15) is 0 Å². The highest BCUT2D eigenvalue weighted by atomic mass is 16.1. The Labute approximate surface area is 111 Å². The van der Waals surface area contributed by atoms with Gasteiger partial charge in [-0.25, -0.2) is 0 Å². The number of carbonyl (C=O) groups is 2. The van der Waals surface area contributed by atoms with Crippen molar-refractivity contribution in [2.75, 3.05) is 26.7 Å². The van der Waals surface area contributed by atoms with Crippen LogP contribution in [0.4, 0.5) is 0 Å². The minimum absolute atomic E-state index is 0.0476. The number of amides is 1. The van der Waals surface area contributed by atoms with Crippen LogP contribution in [0, 0.1) is 11.8 Å². The fraction of sp³-hybridized carbons (Fsp3) is 0.857. The Kier molecular flexibility index (Phi) is 8.63. The van der Waals surface area contributed by atoms with Crippen molar-refractivity contribution in [1.82, 2.24) is 10.2 Å². The van der Waals surface area contributed by atoms with Crippen molar-refractivity contribution in [3.05, 3.63) is 0 Å². The molecule has 4 heteroatoms. The highest BCUT2D eigenvalue weighted by Crippen LogP contribution is 2.00. The molecule has 106 valence electrons.